The molecule has 9 heteroatoms. The van der Waals surface area contributed by atoms with Gasteiger partial charge in [-0.1, -0.05) is 18.2 Å². The van der Waals surface area contributed by atoms with Crippen molar-refractivity contribution in [3.63, 3.8) is 0 Å². The second-order valence-corrected chi connectivity index (χ2v) is 7.95. The summed E-state index contributed by atoms with van der Waals surface area (Å²) >= 11 is 0. The fourth-order valence-corrected chi connectivity index (χ4v) is 3.89. The maximum absolute atomic E-state index is 13.6. The molecule has 9 nitrogen and oxygen atoms in total. The van der Waals surface area contributed by atoms with Crippen molar-refractivity contribution in [2.75, 3.05) is 43.0 Å². The van der Waals surface area contributed by atoms with Crippen molar-refractivity contribution in [1.82, 2.24) is 9.88 Å². The van der Waals surface area contributed by atoms with Gasteiger partial charge in [0.1, 0.15) is 11.4 Å². The van der Waals surface area contributed by atoms with E-state index in [1.807, 2.05) is 18.0 Å². The van der Waals surface area contributed by atoms with Gasteiger partial charge in [-0.05, 0) is 43.4 Å². The van der Waals surface area contributed by atoms with Crippen LogP contribution in [0.2, 0.25) is 0 Å². The molecule has 1 aromatic heterocycles. The van der Waals surface area contributed by atoms with E-state index in [1.165, 1.54) is 17.0 Å². The van der Waals surface area contributed by atoms with Crippen LogP contribution in [-0.2, 0) is 6.54 Å². The number of nitro benzene ring substituents is 1. The number of phenolic OH excluding ortho intramolecular Hbond substituents is 1. The summed E-state index contributed by atoms with van der Waals surface area (Å²) < 4.78 is 0. The molecule has 2 aromatic carbocycles. The molecule has 0 radical (unpaired) electrons. The number of piperazine rings is 1. The molecular weight excluding hydrogens is 422 g/mol. The normalized spacial score (nSPS) is 14.2. The molecule has 1 saturated heterocycles. The van der Waals surface area contributed by atoms with Crippen LogP contribution in [0.4, 0.5) is 17.1 Å². The molecule has 0 aliphatic carbocycles. The first kappa shape index (κ1) is 22.2. The zero-order valence-electron chi connectivity index (χ0n) is 18.3. The first-order chi connectivity index (χ1) is 15.9. The lowest BCUT2D eigenvalue weighted by Crippen LogP contribution is -2.44. The Balaban J connectivity index is 1.70. The Bertz CT molecular complexity index is 1150. The Kier molecular flexibility index (Phi) is 6.50. The van der Waals surface area contributed by atoms with Crippen LogP contribution < -0.4 is 9.80 Å². The number of anilines is 2. The third-order valence-electron chi connectivity index (χ3n) is 5.73. The Morgan fingerprint density at radius 2 is 1.82 bits per heavy atom. The fourth-order valence-electron chi connectivity index (χ4n) is 3.89. The molecule has 1 aliphatic rings. The molecule has 0 unspecified atom stereocenters. The van der Waals surface area contributed by atoms with Gasteiger partial charge in [-0.2, -0.15) is 0 Å². The largest absolute Gasteiger partial charge is 0.506 e. The average molecular weight is 447 g/mol. The van der Waals surface area contributed by atoms with Crippen molar-refractivity contribution in [3.05, 3.63) is 88.2 Å². The molecule has 0 saturated carbocycles. The van der Waals surface area contributed by atoms with Crippen LogP contribution in [0.1, 0.15) is 16.1 Å². The van der Waals surface area contributed by atoms with Gasteiger partial charge in [0.15, 0.2) is 0 Å². The fraction of sp³-hybridized carbons (Fsp3) is 0.250. The van der Waals surface area contributed by atoms with Gasteiger partial charge in [0.25, 0.3) is 11.6 Å². The lowest BCUT2D eigenvalue weighted by molar-refractivity contribution is -0.384. The van der Waals surface area contributed by atoms with E-state index in [0.29, 0.717) is 30.2 Å². The first-order valence-electron chi connectivity index (χ1n) is 10.7. The number of phenols is 1. The van der Waals surface area contributed by atoms with Gasteiger partial charge in [0.05, 0.1) is 22.8 Å². The molecule has 1 amide bonds. The molecule has 0 atom stereocenters. The quantitative estimate of drug-likeness (QED) is 0.457. The molecule has 33 heavy (non-hydrogen) atoms. The summed E-state index contributed by atoms with van der Waals surface area (Å²) in [5.74, 6) is -0.527. The Labute approximate surface area is 191 Å². The summed E-state index contributed by atoms with van der Waals surface area (Å²) in [7, 11) is 2.02. The molecule has 0 spiro atoms. The molecule has 3 aromatic rings. The maximum Gasteiger partial charge on any atom is 0.293 e. The number of benzene rings is 2. The molecule has 170 valence electrons. The summed E-state index contributed by atoms with van der Waals surface area (Å²) in [5, 5.41) is 22.3. The van der Waals surface area contributed by atoms with E-state index in [0.717, 1.165) is 13.1 Å². The smallest absolute Gasteiger partial charge is 0.293 e. The molecule has 0 bridgehead atoms. The van der Waals surface area contributed by atoms with Crippen LogP contribution in [0, 0.1) is 10.1 Å². The lowest BCUT2D eigenvalue weighted by atomic mass is 10.1. The number of likely N-dealkylation sites (N-methyl/N-ethyl adjacent to an activating group) is 1. The van der Waals surface area contributed by atoms with E-state index >= 15 is 0 Å². The Hall–Kier alpha value is -3.98. The Morgan fingerprint density at radius 1 is 1.09 bits per heavy atom. The van der Waals surface area contributed by atoms with Crippen molar-refractivity contribution in [2.24, 2.45) is 0 Å². The van der Waals surface area contributed by atoms with E-state index in [2.05, 4.69) is 9.88 Å². The number of para-hydroxylation sites is 2. The summed E-state index contributed by atoms with van der Waals surface area (Å²) in [6.45, 7) is 3.07. The van der Waals surface area contributed by atoms with Crippen LogP contribution >= 0.6 is 0 Å². The molecule has 1 fully saturated rings. The number of nitrogens with zero attached hydrogens (tertiary/aromatic N) is 5. The van der Waals surface area contributed by atoms with Crippen molar-refractivity contribution in [2.45, 2.75) is 6.54 Å². The third kappa shape index (κ3) is 4.93. The predicted molar refractivity (Wildman–Crippen MR) is 126 cm³/mol. The number of aromatic nitrogens is 1. The number of hydrogen-bond donors (Lipinski definition) is 1. The number of carbonyl (C=O) groups is 1. The van der Waals surface area contributed by atoms with E-state index in [1.54, 1.807) is 48.7 Å². The van der Waals surface area contributed by atoms with Gasteiger partial charge >= 0.3 is 0 Å². The van der Waals surface area contributed by atoms with E-state index in [9.17, 15) is 20.0 Å². The number of aromatic hydroxyl groups is 1. The first-order valence-corrected chi connectivity index (χ1v) is 10.7. The predicted octanol–water partition coefficient (Wildman–Crippen LogP) is 3.29. The zero-order chi connectivity index (χ0) is 23.4. The molecular formula is C24H25N5O4. The summed E-state index contributed by atoms with van der Waals surface area (Å²) in [6, 6.07) is 16.4. The van der Waals surface area contributed by atoms with E-state index in [4.69, 9.17) is 0 Å². The van der Waals surface area contributed by atoms with Crippen LogP contribution in [0.25, 0.3) is 0 Å². The van der Waals surface area contributed by atoms with Gasteiger partial charge in [-0.15, -0.1) is 0 Å². The minimum Gasteiger partial charge on any atom is -0.506 e. The standard InChI is InChI=1S/C24H25N5O4/c1-26-12-14-27(15-13-26)20-10-9-18(16-22(20)29(32)33)24(31)28(17-19-6-4-5-11-25-19)21-7-2-3-8-23(21)30/h2-11,16,30H,12-15,17H2,1H3. The number of carbonyl (C=O) groups excluding carboxylic acids is 1. The van der Waals surface area contributed by atoms with Crippen molar-refractivity contribution in [3.8, 4) is 5.75 Å². The van der Waals surface area contributed by atoms with Gasteiger partial charge < -0.3 is 14.9 Å². The van der Waals surface area contributed by atoms with E-state index in [-0.39, 0.29) is 23.5 Å². The van der Waals surface area contributed by atoms with Crippen molar-refractivity contribution in [1.29, 1.82) is 0 Å². The number of rotatable bonds is 6. The average Bonchev–Trinajstić information content (AvgIpc) is 2.83. The van der Waals surface area contributed by atoms with Crippen molar-refractivity contribution >= 4 is 23.0 Å². The zero-order valence-corrected chi connectivity index (χ0v) is 18.3. The molecule has 2 heterocycles. The van der Waals surface area contributed by atoms with Crippen LogP contribution in [0.5, 0.6) is 5.75 Å². The minimum absolute atomic E-state index is 0.0645. The summed E-state index contributed by atoms with van der Waals surface area (Å²) in [4.78, 5) is 34.8. The van der Waals surface area contributed by atoms with Gasteiger partial charge in [0, 0.05) is 44.0 Å². The minimum atomic E-state index is -0.463. The van der Waals surface area contributed by atoms with E-state index < -0.39 is 10.8 Å². The van der Waals surface area contributed by atoms with Crippen molar-refractivity contribution < 1.29 is 14.8 Å². The summed E-state index contributed by atoms with van der Waals surface area (Å²) in [5.41, 5.74) is 1.49. The number of hydrogen-bond acceptors (Lipinski definition) is 7. The highest BCUT2D eigenvalue weighted by atomic mass is 16.6. The molecule has 1 N–H and O–H groups in total. The highest BCUT2D eigenvalue weighted by Gasteiger charge is 2.27. The van der Waals surface area contributed by atoms with Crippen LogP contribution in [0.3, 0.4) is 0 Å². The lowest BCUT2D eigenvalue weighted by Gasteiger charge is -2.33. The monoisotopic (exact) mass is 447 g/mol. The second kappa shape index (κ2) is 9.66. The van der Waals surface area contributed by atoms with Crippen LogP contribution in [-0.4, -0.2) is 59.0 Å². The molecule has 4 rings (SSSR count). The highest BCUT2D eigenvalue weighted by molar-refractivity contribution is 6.07. The van der Waals surface area contributed by atoms with Gasteiger partial charge in [-0.3, -0.25) is 24.8 Å². The molecule has 1 aliphatic heterocycles. The van der Waals surface area contributed by atoms with Crippen LogP contribution in [0.15, 0.2) is 66.9 Å². The third-order valence-corrected chi connectivity index (χ3v) is 5.73. The number of nitro groups is 1. The maximum atomic E-state index is 13.6. The topological polar surface area (TPSA) is 103 Å². The number of amides is 1. The summed E-state index contributed by atoms with van der Waals surface area (Å²) in [6.07, 6.45) is 1.62. The highest BCUT2D eigenvalue weighted by Crippen LogP contribution is 2.33. The SMILES string of the molecule is CN1CCN(c2ccc(C(=O)N(Cc3ccccn3)c3ccccc3O)cc2[N+](=O)[O-])CC1. The Morgan fingerprint density at radius 3 is 2.48 bits per heavy atom. The number of pyridine rings is 1. The second-order valence-electron chi connectivity index (χ2n) is 7.95. The van der Waals surface area contributed by atoms with Gasteiger partial charge in [-0.25, -0.2) is 0 Å². The van der Waals surface area contributed by atoms with Gasteiger partial charge in [0.2, 0.25) is 0 Å².